The van der Waals surface area contributed by atoms with Crippen LogP contribution in [0.1, 0.15) is 41.4 Å². The molecule has 33 heavy (non-hydrogen) atoms. The second-order valence-electron chi connectivity index (χ2n) is 8.06. The third-order valence-electron chi connectivity index (χ3n) is 5.49. The van der Waals surface area contributed by atoms with E-state index in [1.54, 1.807) is 23.2 Å². The Kier molecular flexibility index (Phi) is 7.74. The maximum atomic E-state index is 12.8. The summed E-state index contributed by atoms with van der Waals surface area (Å²) < 4.78 is 10.6. The van der Waals surface area contributed by atoms with Crippen LogP contribution in [0.25, 0.3) is 10.6 Å². The van der Waals surface area contributed by atoms with Crippen LogP contribution in [0, 0.1) is 0 Å². The van der Waals surface area contributed by atoms with Gasteiger partial charge in [0.2, 0.25) is 0 Å². The van der Waals surface area contributed by atoms with Gasteiger partial charge in [0.25, 0.3) is 5.91 Å². The van der Waals surface area contributed by atoms with Crippen LogP contribution in [0.2, 0.25) is 0 Å². The van der Waals surface area contributed by atoms with Crippen molar-refractivity contribution < 1.29 is 18.8 Å². The van der Waals surface area contributed by atoms with Gasteiger partial charge in [0, 0.05) is 37.4 Å². The highest BCUT2D eigenvalue weighted by molar-refractivity contribution is 7.17. The number of carbonyl (C=O) groups is 2. The zero-order valence-electron chi connectivity index (χ0n) is 18.6. The van der Waals surface area contributed by atoms with Crippen LogP contribution in [0.15, 0.2) is 53.2 Å². The van der Waals surface area contributed by atoms with Gasteiger partial charge in [-0.2, -0.15) is 0 Å². The monoisotopic (exact) mass is 468 g/mol. The van der Waals surface area contributed by atoms with Crippen LogP contribution < -0.4 is 10.6 Å². The molecule has 1 aliphatic heterocycles. The number of carbonyl (C=O) groups excluding carboxylic acids is 2. The molecule has 2 aromatic heterocycles. The van der Waals surface area contributed by atoms with Crippen LogP contribution in [0.4, 0.5) is 10.5 Å². The van der Waals surface area contributed by atoms with Crippen molar-refractivity contribution in [3.8, 4) is 10.6 Å². The van der Waals surface area contributed by atoms with E-state index in [2.05, 4.69) is 15.8 Å². The van der Waals surface area contributed by atoms with Crippen LogP contribution in [0.3, 0.4) is 0 Å². The lowest BCUT2D eigenvalue weighted by Crippen LogP contribution is -2.39. The van der Waals surface area contributed by atoms with Crippen LogP contribution >= 0.6 is 11.3 Å². The zero-order chi connectivity index (χ0) is 23.0. The fourth-order valence-corrected chi connectivity index (χ4v) is 4.48. The lowest BCUT2D eigenvalue weighted by Gasteiger charge is -2.26. The molecule has 1 unspecified atom stereocenters. The zero-order valence-corrected chi connectivity index (χ0v) is 19.4. The molecule has 2 amide bonds. The molecule has 0 saturated carbocycles. The molecule has 0 spiro atoms. The minimum atomic E-state index is -0.239. The lowest BCUT2D eigenvalue weighted by molar-refractivity contribution is 0.0880. The maximum Gasteiger partial charge on any atom is 0.409 e. The molecule has 174 valence electrons. The number of piperidine rings is 1. The highest BCUT2D eigenvalue weighted by atomic mass is 32.1. The van der Waals surface area contributed by atoms with E-state index in [9.17, 15) is 9.59 Å². The molecule has 3 aromatic rings. The average Bonchev–Trinajstić information content (AvgIpc) is 3.55. The molecule has 3 heterocycles. The summed E-state index contributed by atoms with van der Waals surface area (Å²) in [5.74, 6) is 0.459. The van der Waals surface area contributed by atoms with Gasteiger partial charge in [0.15, 0.2) is 5.76 Å². The number of hydrogen-bond acceptors (Lipinski definition) is 7. The van der Waals surface area contributed by atoms with Crippen molar-refractivity contribution in [3.63, 3.8) is 0 Å². The Morgan fingerprint density at radius 1 is 1.15 bits per heavy atom. The first kappa shape index (κ1) is 23.0. The number of aromatic nitrogens is 1. The Morgan fingerprint density at radius 2 is 1.97 bits per heavy atom. The highest BCUT2D eigenvalue weighted by Gasteiger charge is 2.19. The van der Waals surface area contributed by atoms with Crippen LogP contribution in [-0.2, 0) is 11.3 Å². The molecule has 0 aliphatic carbocycles. The number of rotatable bonds is 8. The smallest absolute Gasteiger partial charge is 0.409 e. The molecule has 2 N–H and O–H groups in total. The summed E-state index contributed by atoms with van der Waals surface area (Å²) in [4.78, 5) is 28.2. The number of thiophene rings is 1. The van der Waals surface area contributed by atoms with Crippen LogP contribution in [-0.4, -0.2) is 47.8 Å². The van der Waals surface area contributed by atoms with E-state index in [1.165, 1.54) is 17.8 Å². The van der Waals surface area contributed by atoms with Crippen molar-refractivity contribution in [2.75, 3.05) is 25.0 Å². The molecule has 1 saturated heterocycles. The van der Waals surface area contributed by atoms with Crippen molar-refractivity contribution in [1.82, 2.24) is 15.4 Å². The summed E-state index contributed by atoms with van der Waals surface area (Å²) in [6.07, 6.45) is 4.59. The Morgan fingerprint density at radius 3 is 2.76 bits per heavy atom. The second kappa shape index (κ2) is 11.1. The van der Waals surface area contributed by atoms with Crippen molar-refractivity contribution in [2.24, 2.45) is 0 Å². The Bertz CT molecular complexity index is 1060. The third-order valence-corrected chi connectivity index (χ3v) is 6.59. The van der Waals surface area contributed by atoms with Gasteiger partial charge in [-0.05, 0) is 49.9 Å². The van der Waals surface area contributed by atoms with Gasteiger partial charge in [0.05, 0.1) is 16.0 Å². The summed E-state index contributed by atoms with van der Waals surface area (Å²) in [5.41, 5.74) is 1.69. The van der Waals surface area contributed by atoms with Crippen molar-refractivity contribution in [2.45, 2.75) is 38.8 Å². The summed E-state index contributed by atoms with van der Waals surface area (Å²) >= 11 is 1.35. The number of likely N-dealkylation sites (tertiary alicyclic amines) is 1. The molecular weight excluding hydrogens is 440 g/mol. The number of amides is 2. The summed E-state index contributed by atoms with van der Waals surface area (Å²) in [6, 6.07) is 13.0. The van der Waals surface area contributed by atoms with Gasteiger partial charge in [-0.3, -0.25) is 4.79 Å². The highest BCUT2D eigenvalue weighted by Crippen LogP contribution is 2.28. The maximum absolute atomic E-state index is 12.8. The van der Waals surface area contributed by atoms with E-state index in [-0.39, 0.29) is 18.0 Å². The quantitative estimate of drug-likeness (QED) is 0.495. The number of nitrogens with one attached hydrogen (secondary N) is 2. The molecule has 1 aliphatic rings. The molecule has 0 radical (unpaired) electrons. The third kappa shape index (κ3) is 6.21. The normalized spacial score (nSPS) is 14.6. The topological polar surface area (TPSA) is 96.7 Å². The summed E-state index contributed by atoms with van der Waals surface area (Å²) in [7, 11) is 0. The molecule has 0 bridgehead atoms. The molecule has 1 atom stereocenters. The lowest BCUT2D eigenvalue weighted by atomic mass is 10.1. The Balaban J connectivity index is 1.29. The average molecular weight is 469 g/mol. The van der Waals surface area contributed by atoms with E-state index in [1.807, 2.05) is 37.3 Å². The molecule has 1 aromatic carbocycles. The molecule has 9 heteroatoms. The van der Waals surface area contributed by atoms with Crippen molar-refractivity contribution in [3.05, 3.63) is 59.1 Å². The van der Waals surface area contributed by atoms with Gasteiger partial charge in [-0.1, -0.05) is 23.4 Å². The van der Waals surface area contributed by atoms with Gasteiger partial charge in [0.1, 0.15) is 6.61 Å². The van der Waals surface area contributed by atoms with Crippen molar-refractivity contribution >= 4 is 29.0 Å². The SMILES string of the molecule is CC(COC(=O)N1CCCCC1)NCc1ccccc1NC(=O)c1ccc(-c2ccno2)s1. The molecule has 1 fully saturated rings. The predicted molar refractivity (Wildman–Crippen MR) is 127 cm³/mol. The first-order valence-corrected chi connectivity index (χ1v) is 12.0. The summed E-state index contributed by atoms with van der Waals surface area (Å²) in [5, 5.41) is 10.1. The van der Waals surface area contributed by atoms with Crippen molar-refractivity contribution in [1.29, 1.82) is 0 Å². The van der Waals surface area contributed by atoms with E-state index in [0.29, 0.717) is 23.8 Å². The fraction of sp³-hybridized carbons (Fsp3) is 0.375. The predicted octanol–water partition coefficient (Wildman–Crippen LogP) is 4.76. The van der Waals surface area contributed by atoms with E-state index in [4.69, 9.17) is 9.26 Å². The van der Waals surface area contributed by atoms with Gasteiger partial charge < -0.3 is 24.8 Å². The number of nitrogens with zero attached hydrogens (tertiary/aromatic N) is 2. The minimum Gasteiger partial charge on any atom is -0.448 e. The molecule has 4 rings (SSSR count). The van der Waals surface area contributed by atoms with Gasteiger partial charge >= 0.3 is 6.09 Å². The first-order chi connectivity index (χ1) is 16.1. The first-order valence-electron chi connectivity index (χ1n) is 11.2. The number of benzene rings is 1. The van der Waals surface area contributed by atoms with Gasteiger partial charge in [-0.15, -0.1) is 11.3 Å². The molecular formula is C24H28N4O4S. The number of ether oxygens (including phenoxy) is 1. The number of anilines is 1. The van der Waals surface area contributed by atoms with E-state index >= 15 is 0 Å². The van der Waals surface area contributed by atoms with E-state index < -0.39 is 0 Å². The van der Waals surface area contributed by atoms with E-state index in [0.717, 1.165) is 42.1 Å². The standard InChI is InChI=1S/C24H28N4O4S/c1-17(16-31-24(30)28-13-5-2-6-14-28)25-15-18-7-3-4-8-19(18)27-23(29)22-10-9-21(33-22)20-11-12-26-32-20/h3-4,7-12,17,25H,2,5-6,13-16H2,1H3,(H,27,29). The Labute approximate surface area is 196 Å². The molecule has 8 nitrogen and oxygen atoms in total. The largest absolute Gasteiger partial charge is 0.448 e. The minimum absolute atomic E-state index is 0.0238. The van der Waals surface area contributed by atoms with Gasteiger partial charge in [-0.25, -0.2) is 4.79 Å². The summed E-state index contributed by atoms with van der Waals surface area (Å²) in [6.45, 7) is 4.35. The number of para-hydroxylation sites is 1. The Hall–Kier alpha value is -3.17. The second-order valence-corrected chi connectivity index (χ2v) is 9.14. The fourth-order valence-electron chi connectivity index (χ4n) is 3.62. The van der Waals surface area contributed by atoms with Crippen LogP contribution in [0.5, 0.6) is 0 Å². The number of hydrogen-bond donors (Lipinski definition) is 2.